The maximum Gasteiger partial charge on any atom is 0.191 e. The minimum absolute atomic E-state index is 0. The average Bonchev–Trinajstić information content (AvgIpc) is 2.45. The molecule has 22 heavy (non-hydrogen) atoms. The minimum atomic E-state index is 0. The number of nitrogens with zero attached hydrogens (tertiary/aromatic N) is 3. The molecule has 1 aromatic rings. The summed E-state index contributed by atoms with van der Waals surface area (Å²) in [5.41, 5.74) is 8.67. The van der Waals surface area contributed by atoms with Crippen LogP contribution in [0, 0.1) is 5.92 Å². The first-order valence-corrected chi connectivity index (χ1v) is 7.82. The highest BCUT2D eigenvalue weighted by Crippen LogP contribution is 2.16. The van der Waals surface area contributed by atoms with Crippen LogP contribution in [0.3, 0.4) is 0 Å². The number of benzene rings is 1. The number of hydrogen-bond acceptors (Lipinski definition) is 2. The fourth-order valence-corrected chi connectivity index (χ4v) is 2.70. The summed E-state index contributed by atoms with van der Waals surface area (Å²) >= 11 is 0. The van der Waals surface area contributed by atoms with Gasteiger partial charge in [-0.1, -0.05) is 31.2 Å². The Morgan fingerprint density at radius 1 is 1.27 bits per heavy atom. The van der Waals surface area contributed by atoms with Crippen molar-refractivity contribution in [2.75, 3.05) is 27.2 Å². The third kappa shape index (κ3) is 6.12. The van der Waals surface area contributed by atoms with E-state index in [4.69, 9.17) is 5.73 Å². The molecule has 1 aliphatic rings. The van der Waals surface area contributed by atoms with Crippen LogP contribution in [0.15, 0.2) is 29.3 Å². The van der Waals surface area contributed by atoms with Crippen molar-refractivity contribution in [3.63, 3.8) is 0 Å². The number of rotatable bonds is 4. The average molecular weight is 416 g/mol. The van der Waals surface area contributed by atoms with E-state index in [-0.39, 0.29) is 24.0 Å². The van der Waals surface area contributed by atoms with E-state index in [0.717, 1.165) is 25.6 Å². The van der Waals surface area contributed by atoms with Gasteiger partial charge in [-0.05, 0) is 44.0 Å². The van der Waals surface area contributed by atoms with Gasteiger partial charge in [0.25, 0.3) is 0 Å². The molecule has 0 aliphatic carbocycles. The van der Waals surface area contributed by atoms with Gasteiger partial charge < -0.3 is 15.5 Å². The molecule has 0 saturated carbocycles. The maximum atomic E-state index is 6.13. The van der Waals surface area contributed by atoms with Gasteiger partial charge in [0, 0.05) is 19.6 Å². The van der Waals surface area contributed by atoms with Crippen molar-refractivity contribution < 1.29 is 0 Å². The van der Waals surface area contributed by atoms with Crippen LogP contribution in [0.1, 0.15) is 30.9 Å². The lowest BCUT2D eigenvalue weighted by Crippen LogP contribution is -2.42. The lowest BCUT2D eigenvalue weighted by atomic mass is 10.00. The first-order valence-electron chi connectivity index (χ1n) is 7.82. The lowest BCUT2D eigenvalue weighted by molar-refractivity contribution is 0.277. The van der Waals surface area contributed by atoms with Crippen molar-refractivity contribution in [3.8, 4) is 0 Å². The fraction of sp³-hybridized carbons (Fsp3) is 0.588. The largest absolute Gasteiger partial charge is 0.370 e. The molecule has 0 amide bonds. The second-order valence-electron chi connectivity index (χ2n) is 6.40. The van der Waals surface area contributed by atoms with E-state index >= 15 is 0 Å². The van der Waals surface area contributed by atoms with E-state index in [1.165, 1.54) is 24.0 Å². The fourth-order valence-electron chi connectivity index (χ4n) is 2.70. The van der Waals surface area contributed by atoms with E-state index in [9.17, 15) is 0 Å². The lowest BCUT2D eigenvalue weighted by Gasteiger charge is -2.31. The highest BCUT2D eigenvalue weighted by atomic mass is 127. The van der Waals surface area contributed by atoms with Gasteiger partial charge in [-0.3, -0.25) is 0 Å². The monoisotopic (exact) mass is 416 g/mol. The SMILES string of the molecule is CC1CCN(C(N)=NCc2cccc(CN(C)C)c2)CC1.I. The molecule has 1 fully saturated rings. The Kier molecular flexibility index (Phi) is 8.17. The van der Waals surface area contributed by atoms with Crippen LogP contribution in [0.5, 0.6) is 0 Å². The van der Waals surface area contributed by atoms with Crippen LogP contribution in [0.25, 0.3) is 0 Å². The predicted molar refractivity (Wildman–Crippen MR) is 105 cm³/mol. The van der Waals surface area contributed by atoms with Crippen molar-refractivity contribution in [3.05, 3.63) is 35.4 Å². The van der Waals surface area contributed by atoms with Crippen LogP contribution in [0.4, 0.5) is 0 Å². The summed E-state index contributed by atoms with van der Waals surface area (Å²) < 4.78 is 0. The Balaban J connectivity index is 0.00000242. The molecular formula is C17H29IN4. The maximum absolute atomic E-state index is 6.13. The number of nitrogens with two attached hydrogens (primary N) is 1. The zero-order valence-corrected chi connectivity index (χ0v) is 16.3. The molecule has 0 atom stereocenters. The standard InChI is InChI=1S/C17H28N4.HI/c1-14-7-9-21(10-8-14)17(18)19-12-15-5-4-6-16(11-15)13-20(2)3;/h4-6,11,14H,7-10,12-13H2,1-3H3,(H2,18,19);1H. The van der Waals surface area contributed by atoms with E-state index in [1.807, 2.05) is 0 Å². The topological polar surface area (TPSA) is 44.9 Å². The van der Waals surface area contributed by atoms with Crippen LogP contribution < -0.4 is 5.73 Å². The van der Waals surface area contributed by atoms with E-state index < -0.39 is 0 Å². The van der Waals surface area contributed by atoms with Gasteiger partial charge in [-0.2, -0.15) is 0 Å². The third-order valence-electron chi connectivity index (χ3n) is 4.02. The zero-order chi connectivity index (χ0) is 15.2. The number of likely N-dealkylation sites (tertiary alicyclic amines) is 1. The van der Waals surface area contributed by atoms with Gasteiger partial charge in [0.15, 0.2) is 5.96 Å². The summed E-state index contributed by atoms with van der Waals surface area (Å²) in [6.45, 7) is 6.01. The molecule has 1 aromatic carbocycles. The summed E-state index contributed by atoms with van der Waals surface area (Å²) in [5.74, 6) is 1.51. The van der Waals surface area contributed by atoms with E-state index in [1.54, 1.807) is 0 Å². The number of piperidine rings is 1. The molecule has 4 nitrogen and oxygen atoms in total. The Bertz CT molecular complexity index is 479. The Hall–Kier alpha value is -0.820. The summed E-state index contributed by atoms with van der Waals surface area (Å²) in [6.07, 6.45) is 2.43. The van der Waals surface area contributed by atoms with Crippen molar-refractivity contribution in [2.24, 2.45) is 16.6 Å². The summed E-state index contributed by atoms with van der Waals surface area (Å²) in [4.78, 5) is 8.95. The van der Waals surface area contributed by atoms with Crippen LogP contribution in [0.2, 0.25) is 0 Å². The molecule has 2 N–H and O–H groups in total. The molecule has 0 aromatic heterocycles. The molecule has 124 valence electrons. The van der Waals surface area contributed by atoms with Crippen LogP contribution >= 0.6 is 24.0 Å². The van der Waals surface area contributed by atoms with Crippen molar-refractivity contribution in [2.45, 2.75) is 32.9 Å². The van der Waals surface area contributed by atoms with E-state index in [2.05, 4.69) is 60.1 Å². The normalized spacial score (nSPS) is 16.7. The highest BCUT2D eigenvalue weighted by molar-refractivity contribution is 14.0. The Morgan fingerprint density at radius 3 is 2.55 bits per heavy atom. The Morgan fingerprint density at radius 2 is 1.91 bits per heavy atom. The molecule has 1 heterocycles. The quantitative estimate of drug-likeness (QED) is 0.467. The number of aliphatic imine (C=N–C) groups is 1. The molecule has 0 bridgehead atoms. The zero-order valence-electron chi connectivity index (χ0n) is 14.0. The van der Waals surface area contributed by atoms with Crippen LogP contribution in [-0.4, -0.2) is 42.9 Å². The predicted octanol–water partition coefficient (Wildman–Crippen LogP) is 2.91. The summed E-state index contributed by atoms with van der Waals surface area (Å²) in [5, 5.41) is 0. The molecule has 2 rings (SSSR count). The summed E-state index contributed by atoms with van der Waals surface area (Å²) in [7, 11) is 4.17. The van der Waals surface area contributed by atoms with Gasteiger partial charge in [0.05, 0.1) is 6.54 Å². The van der Waals surface area contributed by atoms with Gasteiger partial charge in [-0.25, -0.2) is 4.99 Å². The Labute approximate surface area is 151 Å². The molecule has 1 aliphatic heterocycles. The third-order valence-corrected chi connectivity index (χ3v) is 4.02. The second kappa shape index (κ2) is 9.35. The van der Waals surface area contributed by atoms with Crippen molar-refractivity contribution in [1.29, 1.82) is 0 Å². The van der Waals surface area contributed by atoms with Crippen molar-refractivity contribution >= 4 is 29.9 Å². The first kappa shape index (κ1) is 19.2. The first-order chi connectivity index (χ1) is 10.0. The molecule has 5 heteroatoms. The van der Waals surface area contributed by atoms with Gasteiger partial charge >= 0.3 is 0 Å². The van der Waals surface area contributed by atoms with Crippen LogP contribution in [-0.2, 0) is 13.1 Å². The molecular weight excluding hydrogens is 387 g/mol. The molecule has 0 unspecified atom stereocenters. The van der Waals surface area contributed by atoms with Gasteiger partial charge in [0.1, 0.15) is 0 Å². The van der Waals surface area contributed by atoms with Gasteiger partial charge in [-0.15, -0.1) is 24.0 Å². The van der Waals surface area contributed by atoms with Gasteiger partial charge in [0.2, 0.25) is 0 Å². The molecule has 1 saturated heterocycles. The number of guanidine groups is 1. The summed E-state index contributed by atoms with van der Waals surface area (Å²) in [6, 6.07) is 8.59. The smallest absolute Gasteiger partial charge is 0.191 e. The number of halogens is 1. The number of hydrogen-bond donors (Lipinski definition) is 1. The van der Waals surface area contributed by atoms with Crippen molar-refractivity contribution in [1.82, 2.24) is 9.80 Å². The molecule has 0 spiro atoms. The van der Waals surface area contributed by atoms with E-state index in [0.29, 0.717) is 12.5 Å². The minimum Gasteiger partial charge on any atom is -0.370 e. The highest BCUT2D eigenvalue weighted by Gasteiger charge is 2.16. The molecule has 0 radical (unpaired) electrons. The second-order valence-corrected chi connectivity index (χ2v) is 6.40.